The highest BCUT2D eigenvalue weighted by Crippen LogP contribution is 2.17. The van der Waals surface area contributed by atoms with Gasteiger partial charge in [0.15, 0.2) is 0 Å². The van der Waals surface area contributed by atoms with E-state index in [0.29, 0.717) is 0 Å². The molecule has 0 bridgehead atoms. The average Bonchev–Trinajstić information content (AvgIpc) is 3.18. The molecule has 1 aliphatic carbocycles. The number of hydrogen-bond acceptors (Lipinski definition) is 2. The minimum Gasteiger partial charge on any atom is -0.315 e. The van der Waals surface area contributed by atoms with Crippen LogP contribution in [0.3, 0.4) is 0 Å². The maximum atomic E-state index is 3.51. The third-order valence-electron chi connectivity index (χ3n) is 3.33. The number of hydrogen-bond donors (Lipinski definition) is 2. The predicted octanol–water partition coefficient (Wildman–Crippen LogP) is 2.13. The van der Waals surface area contributed by atoms with E-state index in [9.17, 15) is 0 Å². The van der Waals surface area contributed by atoms with Crippen LogP contribution in [0, 0.1) is 0 Å². The van der Waals surface area contributed by atoms with Crippen molar-refractivity contribution in [2.24, 2.45) is 0 Å². The number of benzene rings is 1. The fourth-order valence-electron chi connectivity index (χ4n) is 1.95. The summed E-state index contributed by atoms with van der Waals surface area (Å²) in [6, 6.07) is 9.82. The van der Waals surface area contributed by atoms with Gasteiger partial charge in [-0.1, -0.05) is 31.2 Å². The molecule has 17 heavy (non-hydrogen) atoms. The number of aryl methyl sites for hydroxylation is 1. The molecule has 1 aliphatic rings. The minimum atomic E-state index is 0.832. The van der Waals surface area contributed by atoms with Crippen LogP contribution in [0.15, 0.2) is 24.3 Å². The van der Waals surface area contributed by atoms with Crippen LogP contribution in [0.2, 0.25) is 0 Å². The zero-order valence-electron chi connectivity index (χ0n) is 10.8. The minimum absolute atomic E-state index is 0.832. The van der Waals surface area contributed by atoms with Gasteiger partial charge in [-0.25, -0.2) is 0 Å². The van der Waals surface area contributed by atoms with Crippen molar-refractivity contribution in [1.29, 1.82) is 0 Å². The van der Waals surface area contributed by atoms with E-state index in [1.54, 1.807) is 0 Å². The molecule has 0 amide bonds. The van der Waals surface area contributed by atoms with Crippen molar-refractivity contribution in [2.75, 3.05) is 19.6 Å². The van der Waals surface area contributed by atoms with Crippen LogP contribution in [0.4, 0.5) is 0 Å². The second kappa shape index (κ2) is 6.77. The van der Waals surface area contributed by atoms with Gasteiger partial charge in [-0.3, -0.25) is 0 Å². The summed E-state index contributed by atoms with van der Waals surface area (Å²) in [6.07, 6.45) is 5.02. The lowest BCUT2D eigenvalue weighted by Crippen LogP contribution is -2.29. The van der Waals surface area contributed by atoms with Crippen LogP contribution < -0.4 is 10.6 Å². The van der Waals surface area contributed by atoms with Crippen LogP contribution >= 0.6 is 0 Å². The molecule has 2 N–H and O–H groups in total. The summed E-state index contributed by atoms with van der Waals surface area (Å²) in [6.45, 7) is 5.48. The summed E-state index contributed by atoms with van der Waals surface area (Å²) in [5.74, 6) is 0. The highest BCUT2D eigenvalue weighted by Gasteiger charge is 2.19. The van der Waals surface area contributed by atoms with Crippen LogP contribution in [0.5, 0.6) is 0 Å². The van der Waals surface area contributed by atoms with E-state index in [-0.39, 0.29) is 0 Å². The summed E-state index contributed by atoms with van der Waals surface area (Å²) in [4.78, 5) is 0. The van der Waals surface area contributed by atoms with Crippen molar-refractivity contribution in [3.8, 4) is 0 Å². The Balaban J connectivity index is 1.53. The SMILES string of the molecule is CCc1ccc(CCNCCNC2CC2)cc1. The summed E-state index contributed by atoms with van der Waals surface area (Å²) in [5, 5.41) is 6.99. The molecule has 0 spiro atoms. The number of nitrogens with one attached hydrogen (secondary N) is 2. The molecule has 0 heterocycles. The molecule has 0 atom stereocenters. The van der Waals surface area contributed by atoms with Gasteiger partial charge in [0.25, 0.3) is 0 Å². The van der Waals surface area contributed by atoms with Gasteiger partial charge in [0.1, 0.15) is 0 Å². The standard InChI is InChI=1S/C15H24N2/c1-2-13-3-5-14(6-4-13)9-10-16-11-12-17-15-7-8-15/h3-6,15-17H,2,7-12H2,1H3. The topological polar surface area (TPSA) is 24.1 Å². The van der Waals surface area contributed by atoms with Crippen molar-refractivity contribution in [3.63, 3.8) is 0 Å². The van der Waals surface area contributed by atoms with Crippen LogP contribution in [0.1, 0.15) is 30.9 Å². The van der Waals surface area contributed by atoms with Gasteiger partial charge in [0, 0.05) is 19.1 Å². The molecule has 1 aromatic carbocycles. The molecule has 0 aliphatic heterocycles. The second-order valence-electron chi connectivity index (χ2n) is 4.90. The summed E-state index contributed by atoms with van der Waals surface area (Å²) in [7, 11) is 0. The Labute approximate surface area is 105 Å². The Morgan fingerprint density at radius 3 is 2.35 bits per heavy atom. The van der Waals surface area contributed by atoms with E-state index >= 15 is 0 Å². The van der Waals surface area contributed by atoms with Gasteiger partial charge < -0.3 is 10.6 Å². The normalized spacial score (nSPS) is 15.1. The predicted molar refractivity (Wildman–Crippen MR) is 73.4 cm³/mol. The van der Waals surface area contributed by atoms with E-state index in [1.165, 1.54) is 24.0 Å². The first kappa shape index (κ1) is 12.6. The first-order chi connectivity index (χ1) is 8.38. The van der Waals surface area contributed by atoms with Gasteiger partial charge in [-0.05, 0) is 43.4 Å². The van der Waals surface area contributed by atoms with Crippen molar-refractivity contribution in [1.82, 2.24) is 10.6 Å². The molecule has 1 fully saturated rings. The van der Waals surface area contributed by atoms with Crippen LogP contribution in [-0.2, 0) is 12.8 Å². The van der Waals surface area contributed by atoms with Crippen LogP contribution in [0.25, 0.3) is 0 Å². The molecule has 2 nitrogen and oxygen atoms in total. The Morgan fingerprint density at radius 2 is 1.71 bits per heavy atom. The largest absolute Gasteiger partial charge is 0.315 e. The summed E-state index contributed by atoms with van der Waals surface area (Å²) >= 11 is 0. The average molecular weight is 232 g/mol. The molecule has 94 valence electrons. The fraction of sp³-hybridized carbons (Fsp3) is 0.600. The van der Waals surface area contributed by atoms with E-state index < -0.39 is 0 Å². The van der Waals surface area contributed by atoms with E-state index in [4.69, 9.17) is 0 Å². The maximum Gasteiger partial charge on any atom is 0.00793 e. The fourth-order valence-corrected chi connectivity index (χ4v) is 1.95. The molecule has 2 rings (SSSR count). The molecule has 0 radical (unpaired) electrons. The Kier molecular flexibility index (Phi) is 5.02. The first-order valence-electron chi connectivity index (χ1n) is 6.90. The lowest BCUT2D eigenvalue weighted by molar-refractivity contribution is 0.609. The van der Waals surface area contributed by atoms with E-state index in [0.717, 1.165) is 38.5 Å². The molecular weight excluding hydrogens is 208 g/mol. The van der Waals surface area contributed by atoms with Gasteiger partial charge in [0.2, 0.25) is 0 Å². The van der Waals surface area contributed by atoms with Crippen LogP contribution in [-0.4, -0.2) is 25.7 Å². The second-order valence-corrected chi connectivity index (χ2v) is 4.90. The lowest BCUT2D eigenvalue weighted by atomic mass is 10.1. The monoisotopic (exact) mass is 232 g/mol. The Bertz CT molecular complexity index is 314. The molecule has 0 saturated heterocycles. The van der Waals surface area contributed by atoms with Gasteiger partial charge in [0.05, 0.1) is 0 Å². The Hall–Kier alpha value is -0.860. The van der Waals surface area contributed by atoms with Crippen molar-refractivity contribution < 1.29 is 0 Å². The smallest absolute Gasteiger partial charge is 0.00793 e. The highest BCUT2D eigenvalue weighted by molar-refractivity contribution is 5.22. The quantitative estimate of drug-likeness (QED) is 0.671. The van der Waals surface area contributed by atoms with Gasteiger partial charge in [-0.15, -0.1) is 0 Å². The van der Waals surface area contributed by atoms with Crippen molar-refractivity contribution in [3.05, 3.63) is 35.4 Å². The molecular formula is C15H24N2. The van der Waals surface area contributed by atoms with Crippen molar-refractivity contribution >= 4 is 0 Å². The zero-order valence-corrected chi connectivity index (χ0v) is 10.8. The van der Waals surface area contributed by atoms with Gasteiger partial charge in [-0.2, -0.15) is 0 Å². The highest BCUT2D eigenvalue weighted by atomic mass is 15.0. The summed E-state index contributed by atoms with van der Waals surface area (Å²) < 4.78 is 0. The molecule has 2 heteroatoms. The summed E-state index contributed by atoms with van der Waals surface area (Å²) in [5.41, 5.74) is 2.86. The maximum absolute atomic E-state index is 3.51. The third kappa shape index (κ3) is 4.88. The molecule has 0 aromatic heterocycles. The molecule has 0 unspecified atom stereocenters. The third-order valence-corrected chi connectivity index (χ3v) is 3.33. The van der Waals surface area contributed by atoms with E-state index in [2.05, 4.69) is 41.8 Å². The Morgan fingerprint density at radius 1 is 1.00 bits per heavy atom. The van der Waals surface area contributed by atoms with E-state index in [1.807, 2.05) is 0 Å². The first-order valence-corrected chi connectivity index (χ1v) is 6.90. The number of rotatable bonds is 8. The zero-order chi connectivity index (χ0) is 11.9. The lowest BCUT2D eigenvalue weighted by Gasteiger charge is -2.06. The van der Waals surface area contributed by atoms with Gasteiger partial charge >= 0.3 is 0 Å². The molecule has 1 aromatic rings. The van der Waals surface area contributed by atoms with Crippen molar-refractivity contribution in [2.45, 2.75) is 38.6 Å². The molecule has 1 saturated carbocycles.